The summed E-state index contributed by atoms with van der Waals surface area (Å²) in [4.78, 5) is 28.7. The number of rotatable bonds is 4. The van der Waals surface area contributed by atoms with Crippen molar-refractivity contribution in [1.29, 1.82) is 0 Å². The molecule has 0 bridgehead atoms. The fraction of sp³-hybridized carbons (Fsp3) is 0.500. The Morgan fingerprint density at radius 3 is 2.87 bits per heavy atom. The molecule has 1 aromatic carbocycles. The third kappa shape index (κ3) is 2.90. The minimum Gasteiger partial charge on any atom is -0.443 e. The first-order chi connectivity index (χ1) is 11.0. The number of hydrogen-bond acceptors (Lipinski definition) is 5. The number of nitrogens with one attached hydrogen (secondary N) is 1. The average molecular weight is 335 g/mol. The number of fused-ring (bicyclic) bond motifs is 1. The lowest BCUT2D eigenvalue weighted by Crippen LogP contribution is -2.37. The van der Waals surface area contributed by atoms with Crippen LogP contribution in [-0.2, 0) is 9.53 Å². The maximum Gasteiger partial charge on any atom is 0.414 e. The van der Waals surface area contributed by atoms with Gasteiger partial charge in [-0.3, -0.25) is 9.69 Å². The number of cyclic esters (lactones) is 1. The van der Waals surface area contributed by atoms with Crippen molar-refractivity contribution >= 4 is 35.1 Å². The molecule has 2 heterocycles. The predicted molar refractivity (Wildman–Crippen MR) is 91.3 cm³/mol. The normalized spacial score (nSPS) is 24.0. The van der Waals surface area contributed by atoms with Crippen molar-refractivity contribution in [3.05, 3.63) is 18.2 Å². The fourth-order valence-corrected chi connectivity index (χ4v) is 4.15. The summed E-state index contributed by atoms with van der Waals surface area (Å²) < 4.78 is 5.35. The maximum absolute atomic E-state index is 12.2. The van der Waals surface area contributed by atoms with Crippen molar-refractivity contribution in [2.75, 3.05) is 37.0 Å². The minimum absolute atomic E-state index is 0.0645. The predicted octanol–water partition coefficient (Wildman–Crippen LogP) is 2.08. The van der Waals surface area contributed by atoms with Crippen LogP contribution in [0.4, 0.5) is 16.2 Å². The molecule has 1 saturated heterocycles. The zero-order valence-electron chi connectivity index (χ0n) is 13.5. The summed E-state index contributed by atoms with van der Waals surface area (Å²) in [6.07, 6.45) is 0.333. The van der Waals surface area contributed by atoms with Gasteiger partial charge < -0.3 is 15.0 Å². The van der Waals surface area contributed by atoms with E-state index in [1.165, 1.54) is 0 Å². The molecular weight excluding hydrogens is 314 g/mol. The van der Waals surface area contributed by atoms with E-state index >= 15 is 0 Å². The molecule has 1 N–H and O–H groups in total. The van der Waals surface area contributed by atoms with Gasteiger partial charge in [0.05, 0.1) is 17.5 Å². The number of carbonyl (C=O) groups excluding carboxylic acids is 2. The second-order valence-electron chi connectivity index (χ2n) is 5.74. The van der Waals surface area contributed by atoms with Gasteiger partial charge in [0.1, 0.15) is 6.10 Å². The van der Waals surface area contributed by atoms with Crippen molar-refractivity contribution in [3.8, 4) is 0 Å². The van der Waals surface area contributed by atoms with Crippen LogP contribution in [0.5, 0.6) is 0 Å². The highest BCUT2D eigenvalue weighted by Gasteiger charge is 2.34. The van der Waals surface area contributed by atoms with Crippen LogP contribution in [0, 0.1) is 0 Å². The van der Waals surface area contributed by atoms with Crippen LogP contribution in [0.1, 0.15) is 13.3 Å². The van der Waals surface area contributed by atoms with E-state index < -0.39 is 0 Å². The molecular formula is C16H21N3O3S. The molecule has 2 aliphatic rings. The summed E-state index contributed by atoms with van der Waals surface area (Å²) in [6.45, 7) is 3.19. The van der Waals surface area contributed by atoms with E-state index in [2.05, 4.69) is 5.32 Å². The maximum atomic E-state index is 12.2. The first-order valence-corrected chi connectivity index (χ1v) is 8.64. The van der Waals surface area contributed by atoms with Crippen molar-refractivity contribution in [2.45, 2.75) is 29.6 Å². The van der Waals surface area contributed by atoms with Crippen LogP contribution in [0.15, 0.2) is 23.1 Å². The van der Waals surface area contributed by atoms with E-state index in [1.807, 2.05) is 32.2 Å². The Morgan fingerprint density at radius 2 is 2.17 bits per heavy atom. The van der Waals surface area contributed by atoms with Crippen molar-refractivity contribution in [2.24, 2.45) is 0 Å². The highest BCUT2D eigenvalue weighted by molar-refractivity contribution is 8.01. The number of anilines is 2. The summed E-state index contributed by atoms with van der Waals surface area (Å²) in [7, 11) is 3.64. The molecule has 3 rings (SSSR count). The third-order valence-electron chi connectivity index (χ3n) is 4.17. The third-order valence-corrected chi connectivity index (χ3v) is 5.57. The van der Waals surface area contributed by atoms with Crippen LogP contribution in [0.25, 0.3) is 0 Å². The first kappa shape index (κ1) is 16.1. The largest absolute Gasteiger partial charge is 0.443 e. The fourth-order valence-electron chi connectivity index (χ4n) is 2.90. The highest BCUT2D eigenvalue weighted by Crippen LogP contribution is 2.42. The van der Waals surface area contributed by atoms with E-state index in [1.54, 1.807) is 28.6 Å². The molecule has 6 nitrogen and oxygen atoms in total. The second kappa shape index (κ2) is 6.41. The molecule has 2 amide bonds. The number of thioether (sulfide) groups is 1. The molecule has 2 unspecified atom stereocenters. The molecule has 0 aliphatic carbocycles. The molecule has 2 aliphatic heterocycles. The second-order valence-corrected chi connectivity index (χ2v) is 6.98. The van der Waals surface area contributed by atoms with E-state index in [4.69, 9.17) is 4.74 Å². The first-order valence-electron chi connectivity index (χ1n) is 7.76. The van der Waals surface area contributed by atoms with Gasteiger partial charge in [-0.05, 0) is 31.7 Å². The smallest absolute Gasteiger partial charge is 0.414 e. The number of amides is 2. The van der Waals surface area contributed by atoms with Crippen LogP contribution in [-0.4, -0.2) is 50.5 Å². The Labute approximate surface area is 140 Å². The van der Waals surface area contributed by atoms with Crippen LogP contribution in [0.2, 0.25) is 0 Å². The molecule has 0 aromatic heterocycles. The van der Waals surface area contributed by atoms with Gasteiger partial charge in [-0.25, -0.2) is 4.79 Å². The summed E-state index contributed by atoms with van der Waals surface area (Å²) >= 11 is 1.57. The van der Waals surface area contributed by atoms with E-state index in [0.717, 1.165) is 22.7 Å². The average Bonchev–Trinajstić information content (AvgIpc) is 2.91. The van der Waals surface area contributed by atoms with E-state index in [9.17, 15) is 9.59 Å². The van der Waals surface area contributed by atoms with Crippen molar-refractivity contribution in [1.82, 2.24) is 5.32 Å². The summed E-state index contributed by atoms with van der Waals surface area (Å²) in [5.74, 6) is 0.132. The van der Waals surface area contributed by atoms with Gasteiger partial charge in [0.15, 0.2) is 0 Å². The number of likely N-dealkylation sites (N-methyl/N-ethyl adjacent to an activating group) is 1. The van der Waals surface area contributed by atoms with Gasteiger partial charge in [-0.15, -0.1) is 11.8 Å². The molecule has 1 fully saturated rings. The number of ether oxygens (including phenoxy) is 1. The number of nitrogens with zero attached hydrogens (tertiary/aromatic N) is 2. The molecule has 1 aromatic rings. The van der Waals surface area contributed by atoms with Crippen LogP contribution >= 0.6 is 11.8 Å². The van der Waals surface area contributed by atoms with Gasteiger partial charge in [0.2, 0.25) is 5.91 Å². The Kier molecular flexibility index (Phi) is 4.50. The lowest BCUT2D eigenvalue weighted by atomic mass is 10.2. The SMILES string of the molecule is CCC1Sc2cc(N3CC(CNC)OC3=O)ccc2N(C)C1=O. The molecule has 124 valence electrons. The number of carbonyl (C=O) groups is 2. The van der Waals surface area contributed by atoms with Gasteiger partial charge >= 0.3 is 6.09 Å². The van der Waals surface area contributed by atoms with Gasteiger partial charge in [0, 0.05) is 24.2 Å². The monoisotopic (exact) mass is 335 g/mol. The zero-order chi connectivity index (χ0) is 16.6. The Hall–Kier alpha value is -1.73. The molecule has 2 atom stereocenters. The molecule has 7 heteroatoms. The Balaban J connectivity index is 1.87. The van der Waals surface area contributed by atoms with E-state index in [-0.39, 0.29) is 23.4 Å². The van der Waals surface area contributed by atoms with Crippen molar-refractivity contribution in [3.63, 3.8) is 0 Å². The van der Waals surface area contributed by atoms with Gasteiger partial charge in [-0.1, -0.05) is 6.92 Å². The topological polar surface area (TPSA) is 61.9 Å². The summed E-state index contributed by atoms with van der Waals surface area (Å²) in [5.41, 5.74) is 1.71. The van der Waals surface area contributed by atoms with Crippen LogP contribution in [0.3, 0.4) is 0 Å². The van der Waals surface area contributed by atoms with Crippen molar-refractivity contribution < 1.29 is 14.3 Å². The van der Waals surface area contributed by atoms with Gasteiger partial charge in [-0.2, -0.15) is 0 Å². The van der Waals surface area contributed by atoms with E-state index in [0.29, 0.717) is 13.1 Å². The Bertz CT molecular complexity index is 637. The molecule has 0 saturated carbocycles. The molecule has 23 heavy (non-hydrogen) atoms. The molecule has 0 radical (unpaired) electrons. The van der Waals surface area contributed by atoms with Gasteiger partial charge in [0.25, 0.3) is 0 Å². The van der Waals surface area contributed by atoms with Crippen LogP contribution < -0.4 is 15.1 Å². The molecule has 0 spiro atoms. The quantitative estimate of drug-likeness (QED) is 0.913. The zero-order valence-corrected chi connectivity index (χ0v) is 14.4. The minimum atomic E-state index is -0.317. The highest BCUT2D eigenvalue weighted by atomic mass is 32.2. The standard InChI is InChI=1S/C16H21N3O3S/c1-4-13-15(20)18(3)12-6-5-10(7-14(12)23-13)19-9-11(8-17-2)22-16(19)21/h5-7,11,13,17H,4,8-9H2,1-3H3. The lowest BCUT2D eigenvalue weighted by Gasteiger charge is -2.31. The summed E-state index contributed by atoms with van der Waals surface area (Å²) in [6, 6.07) is 5.76. The Morgan fingerprint density at radius 1 is 1.39 bits per heavy atom. The summed E-state index contributed by atoms with van der Waals surface area (Å²) in [5, 5.41) is 2.96. The number of benzene rings is 1. The lowest BCUT2D eigenvalue weighted by molar-refractivity contribution is -0.118. The number of hydrogen-bond donors (Lipinski definition) is 1.